The highest BCUT2D eigenvalue weighted by Gasteiger charge is 2.30. The molecular formula is C20H21FN2O4. The molecule has 0 aromatic heterocycles. The molecule has 2 aliphatic rings. The van der Waals surface area contributed by atoms with Crippen molar-refractivity contribution < 1.29 is 23.4 Å². The molecule has 142 valence electrons. The van der Waals surface area contributed by atoms with Gasteiger partial charge in [0.2, 0.25) is 18.4 Å². The standard InChI is InChI=1S/C20H21FN2O4/c1-25-16-7-12(8-17-20(16)27-11-26-17)10-22-15-5-6-18(24)23-19(15)13-3-2-4-14(21)9-13/h2-4,7-9,15,19,22H,5-6,10-11H2,1H3,(H,23,24)/t15-,19+/m1/s1. The summed E-state index contributed by atoms with van der Waals surface area (Å²) in [6.07, 6.45) is 1.11. The lowest BCUT2D eigenvalue weighted by molar-refractivity contribution is -0.123. The van der Waals surface area contributed by atoms with Gasteiger partial charge < -0.3 is 24.8 Å². The van der Waals surface area contributed by atoms with Gasteiger partial charge in [-0.25, -0.2) is 4.39 Å². The molecule has 27 heavy (non-hydrogen) atoms. The van der Waals surface area contributed by atoms with Crippen LogP contribution in [0.2, 0.25) is 0 Å². The van der Waals surface area contributed by atoms with E-state index in [2.05, 4.69) is 10.6 Å². The molecule has 0 radical (unpaired) electrons. The van der Waals surface area contributed by atoms with E-state index in [1.54, 1.807) is 13.2 Å². The van der Waals surface area contributed by atoms with Crippen molar-refractivity contribution in [2.24, 2.45) is 0 Å². The van der Waals surface area contributed by atoms with Crippen molar-refractivity contribution in [1.29, 1.82) is 0 Å². The quantitative estimate of drug-likeness (QED) is 0.845. The van der Waals surface area contributed by atoms with Gasteiger partial charge in [-0.2, -0.15) is 0 Å². The summed E-state index contributed by atoms with van der Waals surface area (Å²) in [7, 11) is 1.59. The van der Waals surface area contributed by atoms with Crippen molar-refractivity contribution >= 4 is 5.91 Å². The molecule has 1 fully saturated rings. The number of amides is 1. The summed E-state index contributed by atoms with van der Waals surface area (Å²) >= 11 is 0. The molecule has 2 atom stereocenters. The monoisotopic (exact) mass is 372 g/mol. The highest BCUT2D eigenvalue weighted by molar-refractivity contribution is 5.77. The fourth-order valence-corrected chi connectivity index (χ4v) is 3.57. The Morgan fingerprint density at radius 3 is 3.00 bits per heavy atom. The molecule has 1 saturated heterocycles. The third-order valence-corrected chi connectivity index (χ3v) is 4.90. The van der Waals surface area contributed by atoms with Crippen molar-refractivity contribution in [3.63, 3.8) is 0 Å². The van der Waals surface area contributed by atoms with Crippen LogP contribution in [0.25, 0.3) is 0 Å². The van der Waals surface area contributed by atoms with E-state index >= 15 is 0 Å². The fourth-order valence-electron chi connectivity index (χ4n) is 3.57. The normalized spacial score (nSPS) is 21.0. The van der Waals surface area contributed by atoms with Crippen LogP contribution in [-0.2, 0) is 11.3 Å². The summed E-state index contributed by atoms with van der Waals surface area (Å²) < 4.78 is 29.9. The lowest BCUT2D eigenvalue weighted by Crippen LogP contribution is -2.48. The summed E-state index contributed by atoms with van der Waals surface area (Å²) in [5.41, 5.74) is 1.73. The number of rotatable bonds is 5. The van der Waals surface area contributed by atoms with Crippen LogP contribution in [0.15, 0.2) is 36.4 Å². The van der Waals surface area contributed by atoms with Gasteiger partial charge in [-0.1, -0.05) is 12.1 Å². The molecule has 0 saturated carbocycles. The molecule has 2 N–H and O–H groups in total. The smallest absolute Gasteiger partial charge is 0.231 e. The van der Waals surface area contributed by atoms with Gasteiger partial charge in [0.1, 0.15) is 5.82 Å². The van der Waals surface area contributed by atoms with Crippen LogP contribution in [0.5, 0.6) is 17.2 Å². The minimum absolute atomic E-state index is 0.0130. The maximum Gasteiger partial charge on any atom is 0.231 e. The molecule has 0 bridgehead atoms. The number of halogens is 1. The van der Waals surface area contributed by atoms with E-state index in [0.29, 0.717) is 36.6 Å². The first-order valence-electron chi connectivity index (χ1n) is 8.89. The summed E-state index contributed by atoms with van der Waals surface area (Å²) in [5.74, 6) is 1.56. The molecule has 2 aromatic rings. The van der Waals surface area contributed by atoms with Gasteiger partial charge in [0.05, 0.1) is 13.2 Å². The Morgan fingerprint density at radius 1 is 1.30 bits per heavy atom. The number of ether oxygens (including phenoxy) is 3. The lowest BCUT2D eigenvalue weighted by atomic mass is 9.91. The van der Waals surface area contributed by atoms with Crippen LogP contribution in [0.1, 0.15) is 30.0 Å². The van der Waals surface area contributed by atoms with E-state index in [0.717, 1.165) is 11.1 Å². The second-order valence-corrected chi connectivity index (χ2v) is 6.66. The Bertz CT molecular complexity index is 858. The second kappa shape index (κ2) is 7.44. The Kier molecular flexibility index (Phi) is 4.85. The first-order valence-corrected chi connectivity index (χ1v) is 8.89. The minimum atomic E-state index is -0.313. The summed E-state index contributed by atoms with van der Waals surface area (Å²) in [5, 5.41) is 6.45. The lowest BCUT2D eigenvalue weighted by Gasteiger charge is -2.33. The van der Waals surface area contributed by atoms with E-state index in [-0.39, 0.29) is 30.6 Å². The summed E-state index contributed by atoms with van der Waals surface area (Å²) in [6.45, 7) is 0.734. The van der Waals surface area contributed by atoms with Gasteiger partial charge in [0.15, 0.2) is 11.5 Å². The fraction of sp³-hybridized carbons (Fsp3) is 0.350. The van der Waals surface area contributed by atoms with E-state index in [1.165, 1.54) is 12.1 Å². The summed E-state index contributed by atoms with van der Waals surface area (Å²) in [4.78, 5) is 11.9. The van der Waals surface area contributed by atoms with Gasteiger partial charge in [-0.15, -0.1) is 0 Å². The van der Waals surface area contributed by atoms with Gasteiger partial charge in [0, 0.05) is 19.0 Å². The zero-order valence-corrected chi connectivity index (χ0v) is 15.0. The molecule has 2 aromatic carbocycles. The molecular weight excluding hydrogens is 351 g/mol. The van der Waals surface area contributed by atoms with Gasteiger partial charge in [0.25, 0.3) is 0 Å². The Balaban J connectivity index is 1.51. The molecule has 6 nitrogen and oxygen atoms in total. The predicted molar refractivity (Wildman–Crippen MR) is 96.3 cm³/mol. The molecule has 2 aliphatic heterocycles. The van der Waals surface area contributed by atoms with Crippen LogP contribution < -0.4 is 24.8 Å². The van der Waals surface area contributed by atoms with Gasteiger partial charge in [-0.05, 0) is 41.8 Å². The van der Waals surface area contributed by atoms with Crippen LogP contribution in [0.4, 0.5) is 4.39 Å². The third-order valence-electron chi connectivity index (χ3n) is 4.90. The number of piperidine rings is 1. The minimum Gasteiger partial charge on any atom is -0.493 e. The van der Waals surface area contributed by atoms with E-state index in [9.17, 15) is 9.18 Å². The van der Waals surface area contributed by atoms with Crippen molar-refractivity contribution in [2.45, 2.75) is 31.5 Å². The number of benzene rings is 2. The zero-order valence-electron chi connectivity index (χ0n) is 15.0. The van der Waals surface area contributed by atoms with Crippen molar-refractivity contribution in [2.75, 3.05) is 13.9 Å². The first-order chi connectivity index (χ1) is 13.1. The summed E-state index contributed by atoms with van der Waals surface area (Å²) in [6, 6.07) is 9.88. The Labute approximate surface area is 156 Å². The molecule has 2 heterocycles. The number of fused-ring (bicyclic) bond motifs is 1. The van der Waals surface area contributed by atoms with Crippen LogP contribution >= 0.6 is 0 Å². The highest BCUT2D eigenvalue weighted by atomic mass is 19.1. The number of nitrogens with one attached hydrogen (secondary N) is 2. The van der Waals surface area contributed by atoms with E-state index in [4.69, 9.17) is 14.2 Å². The number of methoxy groups -OCH3 is 1. The SMILES string of the molecule is COc1cc(CN[C@@H]2CCC(=O)N[C@H]2c2cccc(F)c2)cc2c1OCO2. The van der Waals surface area contributed by atoms with Crippen molar-refractivity contribution in [1.82, 2.24) is 10.6 Å². The molecule has 7 heteroatoms. The topological polar surface area (TPSA) is 68.8 Å². The molecule has 4 rings (SSSR count). The van der Waals surface area contributed by atoms with Crippen LogP contribution in [0, 0.1) is 5.82 Å². The van der Waals surface area contributed by atoms with Gasteiger partial charge >= 0.3 is 0 Å². The molecule has 0 aliphatic carbocycles. The van der Waals surface area contributed by atoms with Gasteiger partial charge in [-0.3, -0.25) is 4.79 Å². The van der Waals surface area contributed by atoms with Crippen LogP contribution in [-0.4, -0.2) is 25.9 Å². The Hall–Kier alpha value is -2.80. The Morgan fingerprint density at radius 2 is 2.19 bits per heavy atom. The second-order valence-electron chi connectivity index (χ2n) is 6.66. The molecule has 1 amide bonds. The van der Waals surface area contributed by atoms with Crippen molar-refractivity contribution in [3.8, 4) is 17.2 Å². The average Bonchev–Trinajstić information content (AvgIpc) is 3.15. The number of carbonyl (C=O) groups excluding carboxylic acids is 1. The van der Waals surface area contributed by atoms with Crippen LogP contribution in [0.3, 0.4) is 0 Å². The third kappa shape index (κ3) is 3.68. The van der Waals surface area contributed by atoms with E-state index in [1.807, 2.05) is 18.2 Å². The maximum atomic E-state index is 13.6. The molecule has 0 unspecified atom stereocenters. The average molecular weight is 372 g/mol. The number of hydrogen-bond donors (Lipinski definition) is 2. The molecule has 0 spiro atoms. The number of carbonyl (C=O) groups is 1. The first kappa shape index (κ1) is 17.6. The predicted octanol–water partition coefficient (Wildman–Crippen LogP) is 2.67. The zero-order chi connectivity index (χ0) is 18.8. The number of hydrogen-bond acceptors (Lipinski definition) is 5. The largest absolute Gasteiger partial charge is 0.493 e. The van der Waals surface area contributed by atoms with Crippen molar-refractivity contribution in [3.05, 3.63) is 53.3 Å². The van der Waals surface area contributed by atoms with E-state index < -0.39 is 0 Å². The highest BCUT2D eigenvalue weighted by Crippen LogP contribution is 2.41. The maximum absolute atomic E-state index is 13.6.